The van der Waals surface area contributed by atoms with Crippen LogP contribution in [0.5, 0.6) is 0 Å². The Morgan fingerprint density at radius 2 is 1.21 bits per heavy atom. The molecular formula is C17H32O11. The van der Waals surface area contributed by atoms with Crippen LogP contribution in [0.2, 0.25) is 0 Å². The molecule has 11 heteroatoms. The molecule has 0 aliphatic rings. The van der Waals surface area contributed by atoms with Crippen molar-refractivity contribution in [1.82, 2.24) is 0 Å². The average molecular weight is 412 g/mol. The van der Waals surface area contributed by atoms with Crippen LogP contribution < -0.4 is 0 Å². The Bertz CT molecular complexity index is 495. The zero-order chi connectivity index (χ0) is 22.7. The van der Waals surface area contributed by atoms with Gasteiger partial charge in [-0.1, -0.05) is 0 Å². The minimum absolute atomic E-state index is 0.0916. The second-order valence-corrected chi connectivity index (χ2v) is 7.02. The molecule has 0 aromatic rings. The van der Waals surface area contributed by atoms with Crippen molar-refractivity contribution < 1.29 is 54.5 Å². The molecule has 0 aliphatic carbocycles. The zero-order valence-electron chi connectivity index (χ0n) is 16.8. The third-order valence-electron chi connectivity index (χ3n) is 3.06. The lowest BCUT2D eigenvalue weighted by molar-refractivity contribution is -0.176. The highest BCUT2D eigenvalue weighted by Crippen LogP contribution is 2.15. The largest absolute Gasteiger partial charge is 0.461 e. The Balaban J connectivity index is 0. The van der Waals surface area contributed by atoms with Crippen LogP contribution in [-0.2, 0) is 23.9 Å². The molecule has 0 saturated carbocycles. The van der Waals surface area contributed by atoms with Crippen molar-refractivity contribution in [3.05, 3.63) is 0 Å². The van der Waals surface area contributed by atoms with Gasteiger partial charge in [0.2, 0.25) is 0 Å². The predicted molar refractivity (Wildman–Crippen MR) is 94.7 cm³/mol. The van der Waals surface area contributed by atoms with Crippen molar-refractivity contribution >= 4 is 17.9 Å². The van der Waals surface area contributed by atoms with E-state index in [0.29, 0.717) is 0 Å². The summed E-state index contributed by atoms with van der Waals surface area (Å²) in [6.45, 7) is 5.62. The normalized spacial score (nSPS) is 18.2. The number of aliphatic hydroxyl groups is 6. The van der Waals surface area contributed by atoms with E-state index in [9.17, 15) is 24.6 Å². The van der Waals surface area contributed by atoms with Gasteiger partial charge in [-0.15, -0.1) is 0 Å². The Labute approximate surface area is 163 Å². The van der Waals surface area contributed by atoms with Gasteiger partial charge < -0.3 is 40.1 Å². The van der Waals surface area contributed by atoms with Gasteiger partial charge in [0.05, 0.1) is 18.3 Å². The molecule has 0 aromatic heterocycles. The van der Waals surface area contributed by atoms with Gasteiger partial charge in [-0.25, -0.2) is 14.4 Å². The minimum atomic E-state index is -1.93. The SMILES string of the molecule is CC(O)CC(C)(O)C(=O)OC(=O)CO.CC(O)COC(=O)C(C)(O)CC(C)O. The Kier molecular flexibility index (Phi) is 13.0. The fourth-order valence-electron chi connectivity index (χ4n) is 1.91. The maximum Gasteiger partial charge on any atom is 0.345 e. The van der Waals surface area contributed by atoms with E-state index in [0.717, 1.165) is 6.92 Å². The number of carbonyl (C=O) groups excluding carboxylic acids is 3. The molecular weight excluding hydrogens is 380 g/mol. The fraction of sp³-hybridized carbons (Fsp3) is 0.824. The van der Waals surface area contributed by atoms with Gasteiger partial charge in [0.25, 0.3) is 0 Å². The molecule has 0 saturated heterocycles. The molecule has 0 aromatic carbocycles. The molecule has 5 atom stereocenters. The van der Waals surface area contributed by atoms with E-state index in [1.807, 2.05) is 0 Å². The topological polar surface area (TPSA) is 191 Å². The highest BCUT2D eigenvalue weighted by Gasteiger charge is 2.35. The minimum Gasteiger partial charge on any atom is -0.461 e. The summed E-state index contributed by atoms with van der Waals surface area (Å²) in [7, 11) is 0. The Morgan fingerprint density at radius 1 is 0.821 bits per heavy atom. The van der Waals surface area contributed by atoms with Crippen molar-refractivity contribution in [2.24, 2.45) is 0 Å². The second kappa shape index (κ2) is 12.8. The Morgan fingerprint density at radius 3 is 1.54 bits per heavy atom. The summed E-state index contributed by atoms with van der Waals surface area (Å²) in [6, 6.07) is 0. The molecule has 166 valence electrons. The smallest absolute Gasteiger partial charge is 0.345 e. The summed E-state index contributed by atoms with van der Waals surface area (Å²) in [4.78, 5) is 32.8. The summed E-state index contributed by atoms with van der Waals surface area (Å²) < 4.78 is 8.70. The molecule has 5 unspecified atom stereocenters. The van der Waals surface area contributed by atoms with Crippen molar-refractivity contribution in [2.45, 2.75) is 77.0 Å². The molecule has 0 aliphatic heterocycles. The molecule has 0 spiro atoms. The maximum atomic E-state index is 11.2. The lowest BCUT2D eigenvalue weighted by Gasteiger charge is -2.22. The highest BCUT2D eigenvalue weighted by molar-refractivity contribution is 5.90. The Hall–Kier alpha value is -1.63. The van der Waals surface area contributed by atoms with Crippen molar-refractivity contribution in [3.8, 4) is 0 Å². The van der Waals surface area contributed by atoms with E-state index in [2.05, 4.69) is 9.47 Å². The van der Waals surface area contributed by atoms with Crippen molar-refractivity contribution in [1.29, 1.82) is 0 Å². The van der Waals surface area contributed by atoms with Crippen molar-refractivity contribution in [2.75, 3.05) is 13.2 Å². The quantitative estimate of drug-likeness (QED) is 0.181. The van der Waals surface area contributed by atoms with Crippen molar-refractivity contribution in [3.63, 3.8) is 0 Å². The van der Waals surface area contributed by atoms with Crippen LogP contribution in [0, 0.1) is 0 Å². The number of esters is 3. The first-order chi connectivity index (χ1) is 12.5. The number of hydrogen-bond donors (Lipinski definition) is 6. The molecule has 11 nitrogen and oxygen atoms in total. The van der Waals surface area contributed by atoms with E-state index >= 15 is 0 Å². The second-order valence-electron chi connectivity index (χ2n) is 7.02. The van der Waals surface area contributed by atoms with E-state index in [4.69, 9.17) is 20.4 Å². The van der Waals surface area contributed by atoms with Crippen LogP contribution in [0.15, 0.2) is 0 Å². The van der Waals surface area contributed by atoms with Gasteiger partial charge in [-0.2, -0.15) is 0 Å². The third-order valence-corrected chi connectivity index (χ3v) is 3.06. The first kappa shape index (κ1) is 28.6. The first-order valence-electron chi connectivity index (χ1n) is 8.57. The average Bonchev–Trinajstić information content (AvgIpc) is 2.50. The highest BCUT2D eigenvalue weighted by atomic mass is 16.6. The van der Waals surface area contributed by atoms with Gasteiger partial charge in [-0.05, 0) is 34.6 Å². The molecule has 0 heterocycles. The van der Waals surface area contributed by atoms with E-state index < -0.39 is 54.0 Å². The van der Waals surface area contributed by atoms with Crippen LogP contribution >= 0.6 is 0 Å². The van der Waals surface area contributed by atoms with Crippen LogP contribution in [0.1, 0.15) is 47.5 Å². The van der Waals surface area contributed by atoms with E-state index in [-0.39, 0.29) is 19.4 Å². The molecule has 0 amide bonds. The lowest BCUT2D eigenvalue weighted by Crippen LogP contribution is -2.41. The molecule has 0 radical (unpaired) electrons. The van der Waals surface area contributed by atoms with E-state index in [1.54, 1.807) is 0 Å². The number of aliphatic hydroxyl groups excluding tert-OH is 4. The zero-order valence-corrected chi connectivity index (χ0v) is 16.8. The van der Waals surface area contributed by atoms with Crippen LogP contribution in [0.25, 0.3) is 0 Å². The van der Waals surface area contributed by atoms with Gasteiger partial charge in [0.1, 0.15) is 13.2 Å². The summed E-state index contributed by atoms with van der Waals surface area (Å²) in [6.07, 6.45) is -2.79. The number of ether oxygens (including phenoxy) is 2. The van der Waals surface area contributed by atoms with Crippen LogP contribution in [-0.4, -0.2) is 91.3 Å². The lowest BCUT2D eigenvalue weighted by atomic mass is 9.99. The molecule has 6 N–H and O–H groups in total. The summed E-state index contributed by atoms with van der Waals surface area (Å²) in [5, 5.41) is 54.0. The number of rotatable bonds is 9. The standard InChI is InChI=1S/C9H18O5.C8H14O6/c1-6(10)4-9(3,13)8(12)14-5-7(2)11;1-5(10)3-8(2,13)7(12)14-6(11)4-9/h6-7,10-11,13H,4-5H2,1-3H3;5,9-10,13H,3-4H2,1-2H3. The first-order valence-corrected chi connectivity index (χ1v) is 8.57. The molecule has 0 bridgehead atoms. The number of carbonyl (C=O) groups is 3. The third kappa shape index (κ3) is 13.5. The van der Waals surface area contributed by atoms with Crippen LogP contribution in [0.4, 0.5) is 0 Å². The number of hydrogen-bond acceptors (Lipinski definition) is 11. The fourth-order valence-corrected chi connectivity index (χ4v) is 1.91. The van der Waals surface area contributed by atoms with E-state index in [1.165, 1.54) is 27.7 Å². The summed E-state index contributed by atoms with van der Waals surface area (Å²) >= 11 is 0. The maximum absolute atomic E-state index is 11.2. The van der Waals surface area contributed by atoms with Gasteiger partial charge in [0.15, 0.2) is 11.2 Å². The van der Waals surface area contributed by atoms with Gasteiger partial charge in [-0.3, -0.25) is 0 Å². The molecule has 0 fully saturated rings. The predicted octanol–water partition coefficient (Wildman–Crippen LogP) is -2.00. The van der Waals surface area contributed by atoms with Crippen LogP contribution in [0.3, 0.4) is 0 Å². The van der Waals surface area contributed by atoms with Gasteiger partial charge in [0, 0.05) is 12.8 Å². The summed E-state index contributed by atoms with van der Waals surface area (Å²) in [5.41, 5.74) is -3.64. The molecule has 0 rings (SSSR count). The monoisotopic (exact) mass is 412 g/mol. The summed E-state index contributed by atoms with van der Waals surface area (Å²) in [5.74, 6) is -3.15. The van der Waals surface area contributed by atoms with Gasteiger partial charge >= 0.3 is 17.9 Å². The molecule has 28 heavy (non-hydrogen) atoms.